The Morgan fingerprint density at radius 2 is 2.30 bits per heavy atom. The van der Waals surface area contributed by atoms with Gasteiger partial charge < -0.3 is 14.9 Å². The van der Waals surface area contributed by atoms with Crippen molar-refractivity contribution in [1.82, 2.24) is 14.8 Å². The molecule has 1 aliphatic rings. The summed E-state index contributed by atoms with van der Waals surface area (Å²) < 4.78 is 0. The molecule has 6 nitrogen and oxygen atoms in total. The van der Waals surface area contributed by atoms with Gasteiger partial charge in [0.15, 0.2) is 0 Å². The lowest BCUT2D eigenvalue weighted by atomic mass is 10.1. The van der Waals surface area contributed by atoms with E-state index in [2.05, 4.69) is 4.98 Å². The van der Waals surface area contributed by atoms with Gasteiger partial charge in [0.25, 0.3) is 5.91 Å². The first-order valence-electron chi connectivity index (χ1n) is 6.68. The first-order chi connectivity index (χ1) is 9.51. The number of hydrogen-bond donors (Lipinski definition) is 1. The first kappa shape index (κ1) is 14.3. The van der Waals surface area contributed by atoms with Gasteiger partial charge in [0.2, 0.25) is 5.91 Å². The van der Waals surface area contributed by atoms with Gasteiger partial charge in [0.05, 0.1) is 11.8 Å². The topological polar surface area (TPSA) is 73.7 Å². The maximum Gasteiger partial charge on any atom is 0.255 e. The van der Waals surface area contributed by atoms with Crippen LogP contribution in [0.3, 0.4) is 0 Å². The highest BCUT2D eigenvalue weighted by Crippen LogP contribution is 2.19. The van der Waals surface area contributed by atoms with Crippen molar-refractivity contribution in [2.45, 2.75) is 13.3 Å². The molecule has 0 saturated carbocycles. The minimum Gasteiger partial charge on any atom is -0.506 e. The van der Waals surface area contributed by atoms with Crippen LogP contribution in [0.1, 0.15) is 23.7 Å². The minimum absolute atomic E-state index is 0.0301. The molecule has 1 saturated heterocycles. The summed E-state index contributed by atoms with van der Waals surface area (Å²) in [7, 11) is 1.70. The van der Waals surface area contributed by atoms with Gasteiger partial charge in [0.1, 0.15) is 5.75 Å². The number of likely N-dealkylation sites (tertiary alicyclic amines) is 1. The number of nitrogens with zero attached hydrogens (tertiary/aromatic N) is 3. The van der Waals surface area contributed by atoms with Crippen LogP contribution in [0.15, 0.2) is 18.5 Å². The van der Waals surface area contributed by atoms with Crippen LogP contribution in [-0.4, -0.2) is 58.4 Å². The Bertz CT molecular complexity index is 518. The minimum atomic E-state index is -0.198. The van der Waals surface area contributed by atoms with Crippen molar-refractivity contribution in [2.75, 3.05) is 26.7 Å². The molecule has 0 unspecified atom stereocenters. The average Bonchev–Trinajstić information content (AvgIpc) is 2.77. The van der Waals surface area contributed by atoms with Crippen LogP contribution in [-0.2, 0) is 4.79 Å². The summed E-state index contributed by atoms with van der Waals surface area (Å²) >= 11 is 0. The van der Waals surface area contributed by atoms with Crippen LogP contribution in [0.25, 0.3) is 0 Å². The normalized spacial score (nSPS) is 18.4. The lowest BCUT2D eigenvalue weighted by molar-refractivity contribution is -0.127. The standard InChI is InChI=1S/C14H19N3O3/c1-3-17-9-10(4-13(17)19)8-16(2)14(20)11-5-12(18)7-15-6-11/h5-7,10,18H,3-4,8-9H2,1-2H3/t10-/m0/s1. The summed E-state index contributed by atoms with van der Waals surface area (Å²) in [5.41, 5.74) is 0.351. The maximum absolute atomic E-state index is 12.2. The van der Waals surface area contributed by atoms with E-state index in [1.807, 2.05) is 6.92 Å². The molecule has 1 aromatic rings. The number of aromatic nitrogens is 1. The molecule has 1 fully saturated rings. The van der Waals surface area contributed by atoms with Crippen LogP contribution >= 0.6 is 0 Å². The third-order valence-corrected chi connectivity index (χ3v) is 3.53. The fourth-order valence-electron chi connectivity index (χ4n) is 2.52. The summed E-state index contributed by atoms with van der Waals surface area (Å²) in [4.78, 5) is 31.0. The van der Waals surface area contributed by atoms with Crippen molar-refractivity contribution >= 4 is 11.8 Å². The van der Waals surface area contributed by atoms with E-state index in [1.165, 1.54) is 18.5 Å². The molecule has 108 valence electrons. The Morgan fingerprint density at radius 1 is 1.55 bits per heavy atom. The SMILES string of the molecule is CCN1C[C@H](CN(C)C(=O)c2cncc(O)c2)CC1=O. The van der Waals surface area contributed by atoms with Gasteiger partial charge in [-0.05, 0) is 13.0 Å². The van der Waals surface area contributed by atoms with Crippen molar-refractivity contribution < 1.29 is 14.7 Å². The van der Waals surface area contributed by atoms with E-state index in [4.69, 9.17) is 0 Å². The van der Waals surface area contributed by atoms with E-state index < -0.39 is 0 Å². The van der Waals surface area contributed by atoms with Gasteiger partial charge in [-0.2, -0.15) is 0 Å². The van der Waals surface area contributed by atoms with Gasteiger partial charge in [-0.15, -0.1) is 0 Å². The van der Waals surface area contributed by atoms with E-state index in [0.717, 1.165) is 0 Å². The van der Waals surface area contributed by atoms with E-state index in [-0.39, 0.29) is 23.5 Å². The molecule has 2 amide bonds. The molecule has 6 heteroatoms. The Kier molecular flexibility index (Phi) is 4.22. The smallest absolute Gasteiger partial charge is 0.255 e. The maximum atomic E-state index is 12.2. The fourth-order valence-corrected chi connectivity index (χ4v) is 2.52. The molecular formula is C14H19N3O3. The van der Waals surface area contributed by atoms with E-state index >= 15 is 0 Å². The number of rotatable bonds is 4. The zero-order valence-corrected chi connectivity index (χ0v) is 11.7. The highest BCUT2D eigenvalue weighted by molar-refractivity contribution is 5.94. The van der Waals surface area contributed by atoms with Crippen LogP contribution < -0.4 is 0 Å². The number of pyridine rings is 1. The predicted molar refractivity (Wildman–Crippen MR) is 73.2 cm³/mol. The Balaban J connectivity index is 1.97. The van der Waals surface area contributed by atoms with Crippen LogP contribution in [0, 0.1) is 5.92 Å². The summed E-state index contributed by atoms with van der Waals surface area (Å²) in [5, 5.41) is 9.34. The summed E-state index contributed by atoms with van der Waals surface area (Å²) in [6.45, 7) is 3.89. The monoisotopic (exact) mass is 277 g/mol. The summed E-state index contributed by atoms with van der Waals surface area (Å²) in [5.74, 6) is 0.0901. The third-order valence-electron chi connectivity index (χ3n) is 3.53. The zero-order chi connectivity index (χ0) is 14.7. The molecule has 1 N–H and O–H groups in total. The number of amides is 2. The number of carbonyl (C=O) groups is 2. The van der Waals surface area contributed by atoms with Crippen LogP contribution in [0.2, 0.25) is 0 Å². The number of aromatic hydroxyl groups is 1. The van der Waals surface area contributed by atoms with Gasteiger partial charge in [-0.1, -0.05) is 0 Å². The molecule has 1 atom stereocenters. The second-order valence-electron chi connectivity index (χ2n) is 5.12. The molecule has 0 radical (unpaired) electrons. The van der Waals surface area contributed by atoms with Crippen LogP contribution in [0.5, 0.6) is 5.75 Å². The van der Waals surface area contributed by atoms with E-state index in [9.17, 15) is 14.7 Å². The Labute approximate surface area is 118 Å². The van der Waals surface area contributed by atoms with Gasteiger partial charge in [-0.25, -0.2) is 0 Å². The molecule has 2 rings (SSSR count). The molecule has 0 spiro atoms. The lowest BCUT2D eigenvalue weighted by Crippen LogP contribution is -2.33. The number of hydrogen-bond acceptors (Lipinski definition) is 4. The highest BCUT2D eigenvalue weighted by Gasteiger charge is 2.30. The van der Waals surface area contributed by atoms with Crippen molar-refractivity contribution in [2.24, 2.45) is 5.92 Å². The molecule has 0 aliphatic carbocycles. The van der Waals surface area contributed by atoms with Crippen LogP contribution in [0.4, 0.5) is 0 Å². The van der Waals surface area contributed by atoms with Gasteiger partial charge in [-0.3, -0.25) is 14.6 Å². The van der Waals surface area contributed by atoms with E-state index in [0.29, 0.717) is 31.6 Å². The predicted octanol–water partition coefficient (Wildman–Crippen LogP) is 0.728. The fraction of sp³-hybridized carbons (Fsp3) is 0.500. The number of carbonyl (C=O) groups excluding carboxylic acids is 2. The molecule has 1 aromatic heterocycles. The second-order valence-corrected chi connectivity index (χ2v) is 5.12. The average molecular weight is 277 g/mol. The lowest BCUT2D eigenvalue weighted by Gasteiger charge is -2.21. The zero-order valence-electron chi connectivity index (χ0n) is 11.7. The molecule has 2 heterocycles. The second kappa shape index (κ2) is 5.90. The molecular weight excluding hydrogens is 258 g/mol. The van der Waals surface area contributed by atoms with Gasteiger partial charge in [0, 0.05) is 45.2 Å². The summed E-state index contributed by atoms with van der Waals surface area (Å²) in [6, 6.07) is 1.39. The van der Waals surface area contributed by atoms with Crippen molar-refractivity contribution in [1.29, 1.82) is 0 Å². The summed E-state index contributed by atoms with van der Waals surface area (Å²) in [6.07, 6.45) is 3.20. The first-order valence-corrected chi connectivity index (χ1v) is 6.68. The largest absolute Gasteiger partial charge is 0.506 e. The molecule has 20 heavy (non-hydrogen) atoms. The van der Waals surface area contributed by atoms with E-state index in [1.54, 1.807) is 16.8 Å². The quantitative estimate of drug-likeness (QED) is 0.880. The van der Waals surface area contributed by atoms with Crippen molar-refractivity contribution in [3.8, 4) is 5.75 Å². The van der Waals surface area contributed by atoms with Gasteiger partial charge >= 0.3 is 0 Å². The molecule has 0 aromatic carbocycles. The molecule has 1 aliphatic heterocycles. The Hall–Kier alpha value is -2.11. The third kappa shape index (κ3) is 3.07. The van der Waals surface area contributed by atoms with Crippen molar-refractivity contribution in [3.63, 3.8) is 0 Å². The Morgan fingerprint density at radius 3 is 2.90 bits per heavy atom. The molecule has 0 bridgehead atoms. The highest BCUT2D eigenvalue weighted by atomic mass is 16.3. The van der Waals surface area contributed by atoms with Crippen molar-refractivity contribution in [3.05, 3.63) is 24.0 Å².